The topological polar surface area (TPSA) is 87.7 Å². The van der Waals surface area contributed by atoms with Crippen LogP contribution in [0.3, 0.4) is 0 Å². The SMILES string of the molecule is O=C1C[C@@H](C(=O)N2CCOC3(CCCCC3)C2)NC(=O)N1. The number of carbonyl (C=O) groups is 3. The Hall–Kier alpha value is -1.63. The van der Waals surface area contributed by atoms with Gasteiger partial charge in [-0.05, 0) is 12.8 Å². The second-order valence-electron chi connectivity index (χ2n) is 6.13. The van der Waals surface area contributed by atoms with Crippen molar-refractivity contribution in [2.75, 3.05) is 19.7 Å². The van der Waals surface area contributed by atoms with Gasteiger partial charge in [-0.3, -0.25) is 14.9 Å². The van der Waals surface area contributed by atoms with Crippen LogP contribution in [-0.2, 0) is 14.3 Å². The minimum Gasteiger partial charge on any atom is -0.371 e. The van der Waals surface area contributed by atoms with E-state index >= 15 is 0 Å². The van der Waals surface area contributed by atoms with Gasteiger partial charge in [0.15, 0.2) is 0 Å². The monoisotopic (exact) mass is 295 g/mol. The summed E-state index contributed by atoms with van der Waals surface area (Å²) in [5.74, 6) is -0.579. The van der Waals surface area contributed by atoms with Gasteiger partial charge in [-0.1, -0.05) is 19.3 Å². The van der Waals surface area contributed by atoms with Crippen molar-refractivity contribution in [2.24, 2.45) is 0 Å². The van der Waals surface area contributed by atoms with Crippen LogP contribution < -0.4 is 10.6 Å². The van der Waals surface area contributed by atoms with Crippen molar-refractivity contribution in [3.63, 3.8) is 0 Å². The molecule has 116 valence electrons. The third kappa shape index (κ3) is 3.02. The van der Waals surface area contributed by atoms with Crippen LogP contribution in [-0.4, -0.2) is 54.1 Å². The largest absolute Gasteiger partial charge is 0.371 e. The van der Waals surface area contributed by atoms with E-state index in [0.29, 0.717) is 19.7 Å². The van der Waals surface area contributed by atoms with Crippen LogP contribution in [0.2, 0.25) is 0 Å². The molecule has 4 amide bonds. The Bertz CT molecular complexity index is 438. The molecule has 3 aliphatic rings. The number of imide groups is 1. The predicted octanol–water partition coefficient (Wildman–Crippen LogP) is 0.146. The number of hydrogen-bond acceptors (Lipinski definition) is 4. The van der Waals surface area contributed by atoms with E-state index in [4.69, 9.17) is 4.74 Å². The molecule has 2 heterocycles. The molecule has 0 aromatic carbocycles. The van der Waals surface area contributed by atoms with E-state index in [1.165, 1.54) is 6.42 Å². The zero-order valence-corrected chi connectivity index (χ0v) is 12.0. The van der Waals surface area contributed by atoms with Crippen LogP contribution in [0.25, 0.3) is 0 Å². The molecular formula is C14H21N3O4. The zero-order chi connectivity index (χ0) is 14.9. The smallest absolute Gasteiger partial charge is 0.322 e. The highest BCUT2D eigenvalue weighted by Crippen LogP contribution is 2.34. The van der Waals surface area contributed by atoms with E-state index in [1.54, 1.807) is 4.90 Å². The lowest BCUT2D eigenvalue weighted by Gasteiger charge is -2.45. The molecule has 0 unspecified atom stereocenters. The van der Waals surface area contributed by atoms with Crippen LogP contribution in [0.4, 0.5) is 4.79 Å². The van der Waals surface area contributed by atoms with E-state index < -0.39 is 18.0 Å². The van der Waals surface area contributed by atoms with E-state index in [-0.39, 0.29) is 17.9 Å². The quantitative estimate of drug-likeness (QED) is 0.720. The number of hydrogen-bond donors (Lipinski definition) is 2. The Balaban J connectivity index is 1.66. The van der Waals surface area contributed by atoms with Crippen molar-refractivity contribution in [3.8, 4) is 0 Å². The molecule has 1 atom stereocenters. The van der Waals surface area contributed by atoms with Gasteiger partial charge in [0.05, 0.1) is 18.6 Å². The molecule has 2 aliphatic heterocycles. The second-order valence-corrected chi connectivity index (χ2v) is 6.13. The first-order valence-corrected chi connectivity index (χ1v) is 7.61. The molecule has 3 fully saturated rings. The predicted molar refractivity (Wildman–Crippen MR) is 73.4 cm³/mol. The Morgan fingerprint density at radius 2 is 2.00 bits per heavy atom. The summed E-state index contributed by atoms with van der Waals surface area (Å²) in [6.07, 6.45) is 5.45. The van der Waals surface area contributed by atoms with Gasteiger partial charge < -0.3 is 15.0 Å². The zero-order valence-electron chi connectivity index (χ0n) is 12.0. The number of morpholine rings is 1. The first-order valence-electron chi connectivity index (χ1n) is 7.61. The van der Waals surface area contributed by atoms with Gasteiger partial charge in [0.1, 0.15) is 6.04 Å². The highest BCUT2D eigenvalue weighted by molar-refractivity contribution is 6.02. The standard InChI is InChI=1S/C14H21N3O4/c18-11-8-10(15-13(20)16-11)12(19)17-6-7-21-14(9-17)4-2-1-3-5-14/h10H,1-9H2,(H2,15,16,18,20)/t10-/m0/s1. The number of urea groups is 1. The Labute approximate surface area is 123 Å². The second kappa shape index (κ2) is 5.63. The molecule has 21 heavy (non-hydrogen) atoms. The van der Waals surface area contributed by atoms with Crippen LogP contribution >= 0.6 is 0 Å². The fourth-order valence-electron chi connectivity index (χ4n) is 3.51. The lowest BCUT2D eigenvalue weighted by Crippen LogP contribution is -2.62. The fourth-order valence-corrected chi connectivity index (χ4v) is 3.51. The van der Waals surface area contributed by atoms with Gasteiger partial charge in [-0.25, -0.2) is 4.79 Å². The van der Waals surface area contributed by atoms with Crippen molar-refractivity contribution in [1.82, 2.24) is 15.5 Å². The molecule has 1 aliphatic carbocycles. The fraction of sp³-hybridized carbons (Fsp3) is 0.786. The van der Waals surface area contributed by atoms with Crippen molar-refractivity contribution >= 4 is 17.8 Å². The Morgan fingerprint density at radius 1 is 1.24 bits per heavy atom. The number of nitrogens with one attached hydrogen (secondary N) is 2. The number of carbonyl (C=O) groups excluding carboxylic acids is 3. The van der Waals surface area contributed by atoms with Crippen LogP contribution in [0, 0.1) is 0 Å². The molecule has 3 rings (SSSR count). The van der Waals surface area contributed by atoms with Gasteiger partial charge >= 0.3 is 6.03 Å². The third-order valence-electron chi connectivity index (χ3n) is 4.57. The summed E-state index contributed by atoms with van der Waals surface area (Å²) in [7, 11) is 0. The highest BCUT2D eigenvalue weighted by atomic mass is 16.5. The molecule has 1 spiro atoms. The minimum atomic E-state index is -0.745. The van der Waals surface area contributed by atoms with Gasteiger partial charge in [0, 0.05) is 13.1 Å². The lowest BCUT2D eigenvalue weighted by atomic mass is 9.83. The molecule has 7 heteroatoms. The summed E-state index contributed by atoms with van der Waals surface area (Å²) in [6.45, 7) is 1.62. The van der Waals surface area contributed by atoms with E-state index in [1.807, 2.05) is 0 Å². The molecule has 0 aromatic heterocycles. The lowest BCUT2D eigenvalue weighted by molar-refractivity contribution is -0.158. The molecule has 2 N–H and O–H groups in total. The summed E-state index contributed by atoms with van der Waals surface area (Å²) < 4.78 is 5.96. The number of amides is 4. The molecule has 7 nitrogen and oxygen atoms in total. The number of ether oxygens (including phenoxy) is 1. The normalized spacial score (nSPS) is 29.0. The summed E-state index contributed by atoms with van der Waals surface area (Å²) in [5, 5.41) is 4.67. The summed E-state index contributed by atoms with van der Waals surface area (Å²) in [6, 6.07) is -1.34. The molecular weight excluding hydrogens is 274 g/mol. The number of rotatable bonds is 1. The average Bonchev–Trinajstić information content (AvgIpc) is 2.46. The first-order chi connectivity index (χ1) is 10.1. The first kappa shape index (κ1) is 14.3. The molecule has 1 saturated carbocycles. The van der Waals surface area contributed by atoms with Gasteiger partial charge in [0.2, 0.25) is 11.8 Å². The van der Waals surface area contributed by atoms with Crippen LogP contribution in [0.5, 0.6) is 0 Å². The molecule has 2 saturated heterocycles. The summed E-state index contributed by atoms with van der Waals surface area (Å²) in [4.78, 5) is 37.0. The van der Waals surface area contributed by atoms with Crippen LogP contribution in [0.15, 0.2) is 0 Å². The molecule has 0 radical (unpaired) electrons. The van der Waals surface area contributed by atoms with Gasteiger partial charge in [-0.2, -0.15) is 0 Å². The van der Waals surface area contributed by atoms with Crippen molar-refractivity contribution in [1.29, 1.82) is 0 Å². The van der Waals surface area contributed by atoms with E-state index in [2.05, 4.69) is 10.6 Å². The van der Waals surface area contributed by atoms with Crippen molar-refractivity contribution in [3.05, 3.63) is 0 Å². The summed E-state index contributed by atoms with van der Waals surface area (Å²) >= 11 is 0. The average molecular weight is 295 g/mol. The summed E-state index contributed by atoms with van der Waals surface area (Å²) in [5.41, 5.74) is -0.215. The maximum atomic E-state index is 12.5. The maximum Gasteiger partial charge on any atom is 0.322 e. The molecule has 0 bridgehead atoms. The van der Waals surface area contributed by atoms with Gasteiger partial charge in [-0.15, -0.1) is 0 Å². The van der Waals surface area contributed by atoms with Crippen molar-refractivity contribution < 1.29 is 19.1 Å². The highest BCUT2D eigenvalue weighted by Gasteiger charge is 2.41. The van der Waals surface area contributed by atoms with Crippen molar-refractivity contribution in [2.45, 2.75) is 50.2 Å². The van der Waals surface area contributed by atoms with Gasteiger partial charge in [0.25, 0.3) is 0 Å². The number of nitrogens with zero attached hydrogens (tertiary/aromatic N) is 1. The van der Waals surface area contributed by atoms with E-state index in [0.717, 1.165) is 25.7 Å². The minimum absolute atomic E-state index is 0.00886. The Kier molecular flexibility index (Phi) is 3.84. The van der Waals surface area contributed by atoms with Crippen LogP contribution in [0.1, 0.15) is 38.5 Å². The Morgan fingerprint density at radius 3 is 2.71 bits per heavy atom. The third-order valence-corrected chi connectivity index (χ3v) is 4.57. The maximum absolute atomic E-state index is 12.5. The van der Waals surface area contributed by atoms with E-state index in [9.17, 15) is 14.4 Å². The molecule has 0 aromatic rings.